The third-order valence-corrected chi connectivity index (χ3v) is 2.95. The summed E-state index contributed by atoms with van der Waals surface area (Å²) < 4.78 is 1.72. The standard InChI is InChI=1S/C11H16N4O2/c1-13(9-7-12-14(2)8-9)5-6-15-10(16)3-4-11(15)17/h7-8H,3-6H2,1-2H3. The van der Waals surface area contributed by atoms with Gasteiger partial charge in [0.2, 0.25) is 11.8 Å². The van der Waals surface area contributed by atoms with Gasteiger partial charge in [-0.25, -0.2) is 0 Å². The minimum absolute atomic E-state index is 0.0606. The number of carbonyl (C=O) groups is 2. The van der Waals surface area contributed by atoms with Crippen LogP contribution in [0.2, 0.25) is 0 Å². The van der Waals surface area contributed by atoms with E-state index in [1.54, 1.807) is 10.9 Å². The van der Waals surface area contributed by atoms with Crippen molar-refractivity contribution in [3.8, 4) is 0 Å². The van der Waals surface area contributed by atoms with E-state index in [4.69, 9.17) is 0 Å². The third-order valence-electron chi connectivity index (χ3n) is 2.95. The van der Waals surface area contributed by atoms with Crippen molar-refractivity contribution in [2.75, 3.05) is 25.0 Å². The number of hydrogen-bond donors (Lipinski definition) is 0. The van der Waals surface area contributed by atoms with Crippen LogP contribution >= 0.6 is 0 Å². The van der Waals surface area contributed by atoms with Crippen LogP contribution in [0.15, 0.2) is 12.4 Å². The van der Waals surface area contributed by atoms with E-state index >= 15 is 0 Å². The van der Waals surface area contributed by atoms with Crippen LogP contribution < -0.4 is 4.90 Å². The Morgan fingerprint density at radius 3 is 2.53 bits per heavy atom. The van der Waals surface area contributed by atoms with E-state index in [0.29, 0.717) is 25.9 Å². The van der Waals surface area contributed by atoms with E-state index in [1.807, 2.05) is 25.2 Å². The predicted octanol–water partition coefficient (Wildman–Crippen LogP) is 0.00530. The molecule has 0 bridgehead atoms. The summed E-state index contributed by atoms with van der Waals surface area (Å²) in [5.41, 5.74) is 0.978. The molecule has 1 aromatic rings. The van der Waals surface area contributed by atoms with Gasteiger partial charge in [-0.15, -0.1) is 0 Å². The summed E-state index contributed by atoms with van der Waals surface area (Å²) in [6.45, 7) is 1.08. The molecule has 1 aromatic heterocycles. The Hall–Kier alpha value is -1.85. The summed E-state index contributed by atoms with van der Waals surface area (Å²) in [5, 5.41) is 4.07. The molecular formula is C11H16N4O2. The smallest absolute Gasteiger partial charge is 0.229 e. The Morgan fingerprint density at radius 2 is 2.00 bits per heavy atom. The molecule has 0 unspecified atom stereocenters. The van der Waals surface area contributed by atoms with E-state index in [-0.39, 0.29) is 11.8 Å². The first kappa shape index (κ1) is 11.6. The molecule has 0 atom stereocenters. The maximum Gasteiger partial charge on any atom is 0.229 e. The molecule has 0 spiro atoms. The van der Waals surface area contributed by atoms with E-state index in [2.05, 4.69) is 5.10 Å². The van der Waals surface area contributed by atoms with Crippen LogP contribution in [-0.4, -0.2) is 46.6 Å². The molecule has 1 fully saturated rings. The van der Waals surface area contributed by atoms with Crippen molar-refractivity contribution in [3.05, 3.63) is 12.4 Å². The van der Waals surface area contributed by atoms with E-state index in [1.165, 1.54) is 4.90 Å². The summed E-state index contributed by atoms with van der Waals surface area (Å²) in [5.74, 6) is -0.121. The molecule has 2 heterocycles. The summed E-state index contributed by atoms with van der Waals surface area (Å²) in [4.78, 5) is 26.1. The Morgan fingerprint density at radius 1 is 1.35 bits per heavy atom. The zero-order valence-corrected chi connectivity index (χ0v) is 10.1. The first-order valence-electron chi connectivity index (χ1n) is 5.61. The molecule has 2 amide bonds. The molecule has 1 saturated heterocycles. The third kappa shape index (κ3) is 2.46. The van der Waals surface area contributed by atoms with E-state index in [0.717, 1.165) is 5.69 Å². The molecular weight excluding hydrogens is 220 g/mol. The summed E-state index contributed by atoms with van der Waals surface area (Å²) in [6, 6.07) is 0. The normalized spacial score (nSPS) is 15.8. The van der Waals surface area contributed by atoms with Crippen LogP contribution in [-0.2, 0) is 16.6 Å². The molecule has 1 aliphatic rings. The number of rotatable bonds is 4. The number of carbonyl (C=O) groups excluding carboxylic acids is 2. The van der Waals surface area contributed by atoms with Crippen molar-refractivity contribution in [2.24, 2.45) is 7.05 Å². The molecule has 0 aliphatic carbocycles. The molecule has 0 N–H and O–H groups in total. The lowest BCUT2D eigenvalue weighted by Crippen LogP contribution is -2.36. The zero-order chi connectivity index (χ0) is 12.4. The summed E-state index contributed by atoms with van der Waals surface area (Å²) in [7, 11) is 3.77. The van der Waals surface area contributed by atoms with Crippen LogP contribution in [0.25, 0.3) is 0 Å². The molecule has 2 rings (SSSR count). The first-order valence-corrected chi connectivity index (χ1v) is 5.61. The van der Waals surface area contributed by atoms with Gasteiger partial charge in [0.1, 0.15) is 0 Å². The fraction of sp³-hybridized carbons (Fsp3) is 0.545. The van der Waals surface area contributed by atoms with Gasteiger partial charge in [-0.2, -0.15) is 5.10 Å². The van der Waals surface area contributed by atoms with Crippen LogP contribution in [0.4, 0.5) is 5.69 Å². The number of likely N-dealkylation sites (tertiary alicyclic amines) is 1. The van der Waals surface area contributed by atoms with Crippen molar-refractivity contribution in [3.63, 3.8) is 0 Å². The highest BCUT2D eigenvalue weighted by Gasteiger charge is 2.28. The monoisotopic (exact) mass is 236 g/mol. The fourth-order valence-electron chi connectivity index (χ4n) is 1.86. The van der Waals surface area contributed by atoms with Gasteiger partial charge in [0.05, 0.1) is 11.9 Å². The molecule has 1 aliphatic heterocycles. The quantitative estimate of drug-likeness (QED) is 0.691. The van der Waals surface area contributed by atoms with Gasteiger partial charge in [0, 0.05) is 46.2 Å². The van der Waals surface area contributed by atoms with Crippen molar-refractivity contribution in [1.29, 1.82) is 0 Å². The number of hydrogen-bond acceptors (Lipinski definition) is 4. The number of aryl methyl sites for hydroxylation is 1. The highest BCUT2D eigenvalue weighted by atomic mass is 16.2. The average molecular weight is 236 g/mol. The number of anilines is 1. The van der Waals surface area contributed by atoms with Crippen molar-refractivity contribution in [2.45, 2.75) is 12.8 Å². The maximum atomic E-state index is 11.4. The minimum Gasteiger partial charge on any atom is -0.370 e. The molecule has 0 radical (unpaired) electrons. The molecule has 17 heavy (non-hydrogen) atoms. The molecule has 6 nitrogen and oxygen atoms in total. The van der Waals surface area contributed by atoms with Gasteiger partial charge < -0.3 is 4.90 Å². The number of nitrogens with zero attached hydrogens (tertiary/aromatic N) is 4. The van der Waals surface area contributed by atoms with Gasteiger partial charge in [-0.1, -0.05) is 0 Å². The van der Waals surface area contributed by atoms with Crippen molar-refractivity contribution in [1.82, 2.24) is 14.7 Å². The van der Waals surface area contributed by atoms with Crippen molar-refractivity contribution >= 4 is 17.5 Å². The second kappa shape index (κ2) is 4.57. The largest absolute Gasteiger partial charge is 0.370 e. The van der Waals surface area contributed by atoms with Gasteiger partial charge in [0.15, 0.2) is 0 Å². The SMILES string of the molecule is CN(CCN1C(=O)CCC1=O)c1cnn(C)c1. The Kier molecular flexibility index (Phi) is 3.12. The predicted molar refractivity (Wildman–Crippen MR) is 62.4 cm³/mol. The highest BCUT2D eigenvalue weighted by molar-refractivity contribution is 6.01. The number of aromatic nitrogens is 2. The highest BCUT2D eigenvalue weighted by Crippen LogP contribution is 2.13. The number of amides is 2. The molecule has 0 saturated carbocycles. The Balaban J connectivity index is 1.90. The summed E-state index contributed by atoms with van der Waals surface area (Å²) >= 11 is 0. The van der Waals surface area contributed by atoms with Crippen molar-refractivity contribution < 1.29 is 9.59 Å². The molecule has 0 aromatic carbocycles. The molecule has 6 heteroatoms. The van der Waals surface area contributed by atoms with Gasteiger partial charge in [-0.3, -0.25) is 19.2 Å². The van der Waals surface area contributed by atoms with Gasteiger partial charge in [-0.05, 0) is 0 Å². The summed E-state index contributed by atoms with van der Waals surface area (Å²) in [6.07, 6.45) is 4.37. The number of likely N-dealkylation sites (N-methyl/N-ethyl adjacent to an activating group) is 1. The first-order chi connectivity index (χ1) is 8.08. The van der Waals surface area contributed by atoms with E-state index < -0.39 is 0 Å². The minimum atomic E-state index is -0.0606. The maximum absolute atomic E-state index is 11.4. The van der Waals surface area contributed by atoms with Gasteiger partial charge in [0.25, 0.3) is 0 Å². The van der Waals surface area contributed by atoms with Crippen LogP contribution in [0.5, 0.6) is 0 Å². The topological polar surface area (TPSA) is 58.4 Å². The van der Waals surface area contributed by atoms with Crippen LogP contribution in [0.3, 0.4) is 0 Å². The fourth-order valence-corrected chi connectivity index (χ4v) is 1.86. The van der Waals surface area contributed by atoms with E-state index in [9.17, 15) is 9.59 Å². The molecule has 92 valence electrons. The lowest BCUT2D eigenvalue weighted by Gasteiger charge is -2.20. The second-order valence-corrected chi connectivity index (χ2v) is 4.23. The number of imide groups is 1. The zero-order valence-electron chi connectivity index (χ0n) is 10.1. The Labute approximate surface area is 99.8 Å². The lowest BCUT2D eigenvalue weighted by molar-refractivity contribution is -0.138. The van der Waals surface area contributed by atoms with Crippen LogP contribution in [0, 0.1) is 0 Å². The Bertz CT molecular complexity index is 424. The lowest BCUT2D eigenvalue weighted by atomic mass is 10.4. The van der Waals surface area contributed by atoms with Crippen LogP contribution in [0.1, 0.15) is 12.8 Å². The van der Waals surface area contributed by atoms with Gasteiger partial charge >= 0.3 is 0 Å². The second-order valence-electron chi connectivity index (χ2n) is 4.23. The average Bonchev–Trinajstić information content (AvgIpc) is 2.84.